The predicted octanol–water partition coefficient (Wildman–Crippen LogP) is 2.58. The van der Waals surface area contributed by atoms with Crippen LogP contribution in [0.25, 0.3) is 27.5 Å². The SMILES string of the molecule is CCN(CC)C(=O)Cn1ncn2nc(-c3cccc4ccccc34)cc2c1=O. The third-order valence-corrected chi connectivity index (χ3v) is 4.96. The Morgan fingerprint density at radius 3 is 2.61 bits per heavy atom. The highest BCUT2D eigenvalue weighted by atomic mass is 16.2. The Balaban J connectivity index is 1.77. The smallest absolute Gasteiger partial charge is 0.293 e. The van der Waals surface area contributed by atoms with E-state index < -0.39 is 0 Å². The number of fused-ring (bicyclic) bond motifs is 2. The molecular weight excluding hydrogens is 354 g/mol. The second kappa shape index (κ2) is 7.26. The van der Waals surface area contributed by atoms with Gasteiger partial charge in [0.1, 0.15) is 18.4 Å². The van der Waals surface area contributed by atoms with Crippen LogP contribution in [0.4, 0.5) is 0 Å². The Morgan fingerprint density at radius 2 is 1.82 bits per heavy atom. The maximum Gasteiger partial charge on any atom is 0.293 e. The predicted molar refractivity (Wildman–Crippen MR) is 108 cm³/mol. The van der Waals surface area contributed by atoms with E-state index in [2.05, 4.69) is 10.2 Å². The zero-order valence-corrected chi connectivity index (χ0v) is 15.9. The summed E-state index contributed by atoms with van der Waals surface area (Å²) in [5, 5.41) is 10.8. The van der Waals surface area contributed by atoms with Crippen LogP contribution in [0.2, 0.25) is 0 Å². The molecule has 0 saturated carbocycles. The molecule has 0 N–H and O–H groups in total. The number of amides is 1. The van der Waals surface area contributed by atoms with Crippen molar-refractivity contribution in [1.82, 2.24) is 24.3 Å². The number of likely N-dealkylation sites (N-methyl/N-ethyl adjacent to an activating group) is 1. The van der Waals surface area contributed by atoms with E-state index in [0.29, 0.717) is 24.3 Å². The van der Waals surface area contributed by atoms with Gasteiger partial charge in [-0.3, -0.25) is 9.59 Å². The molecule has 0 atom stereocenters. The van der Waals surface area contributed by atoms with Crippen LogP contribution in [0.3, 0.4) is 0 Å². The molecule has 2 aromatic carbocycles. The molecule has 4 aromatic rings. The normalized spacial score (nSPS) is 11.2. The van der Waals surface area contributed by atoms with E-state index in [1.807, 2.05) is 56.3 Å². The van der Waals surface area contributed by atoms with Gasteiger partial charge in [-0.05, 0) is 30.7 Å². The Hall–Kier alpha value is -3.48. The van der Waals surface area contributed by atoms with E-state index in [-0.39, 0.29) is 18.0 Å². The minimum atomic E-state index is -0.331. The van der Waals surface area contributed by atoms with Gasteiger partial charge in [0.25, 0.3) is 5.56 Å². The number of hydrogen-bond acceptors (Lipinski definition) is 4. The maximum atomic E-state index is 12.8. The molecule has 2 aromatic heterocycles. The van der Waals surface area contributed by atoms with Gasteiger partial charge in [0.15, 0.2) is 0 Å². The molecule has 0 bridgehead atoms. The second-order valence-electron chi connectivity index (χ2n) is 6.55. The Morgan fingerprint density at radius 1 is 1.07 bits per heavy atom. The molecule has 0 fully saturated rings. The van der Waals surface area contributed by atoms with Crippen molar-refractivity contribution in [3.05, 3.63) is 65.2 Å². The minimum Gasteiger partial charge on any atom is -0.342 e. The summed E-state index contributed by atoms with van der Waals surface area (Å²) in [5.41, 5.74) is 1.71. The lowest BCUT2D eigenvalue weighted by Crippen LogP contribution is -2.37. The van der Waals surface area contributed by atoms with Crippen molar-refractivity contribution >= 4 is 22.2 Å². The number of aromatic nitrogens is 4. The van der Waals surface area contributed by atoms with Crippen LogP contribution in [-0.4, -0.2) is 43.3 Å². The van der Waals surface area contributed by atoms with Crippen molar-refractivity contribution in [1.29, 1.82) is 0 Å². The first-order valence-corrected chi connectivity index (χ1v) is 9.33. The molecule has 4 rings (SSSR count). The Labute approximate surface area is 161 Å². The quantitative estimate of drug-likeness (QED) is 0.537. The van der Waals surface area contributed by atoms with E-state index in [9.17, 15) is 9.59 Å². The van der Waals surface area contributed by atoms with Crippen LogP contribution >= 0.6 is 0 Å². The summed E-state index contributed by atoms with van der Waals surface area (Å²) in [6.45, 7) is 4.95. The lowest BCUT2D eigenvalue weighted by Gasteiger charge is -2.18. The van der Waals surface area contributed by atoms with E-state index in [4.69, 9.17) is 0 Å². The summed E-state index contributed by atoms with van der Waals surface area (Å²) in [6, 6.07) is 15.8. The molecule has 0 unspecified atom stereocenters. The summed E-state index contributed by atoms with van der Waals surface area (Å²) >= 11 is 0. The number of nitrogens with zero attached hydrogens (tertiary/aromatic N) is 5. The summed E-state index contributed by atoms with van der Waals surface area (Å²) in [5.74, 6) is -0.127. The average molecular weight is 375 g/mol. The molecule has 0 saturated heterocycles. The van der Waals surface area contributed by atoms with Gasteiger partial charge in [-0.25, -0.2) is 9.20 Å². The van der Waals surface area contributed by atoms with E-state index in [1.165, 1.54) is 15.5 Å². The second-order valence-corrected chi connectivity index (χ2v) is 6.55. The molecule has 2 heterocycles. The minimum absolute atomic E-state index is 0.0776. The van der Waals surface area contributed by atoms with Gasteiger partial charge in [0.05, 0.1) is 5.69 Å². The standard InChI is InChI=1S/C21H21N5O2/c1-3-24(4-2)20(27)13-25-21(28)19-12-18(23-26(19)14-22-25)17-11-7-9-15-8-5-6-10-16(15)17/h5-12,14H,3-4,13H2,1-2H3. The number of hydrogen-bond donors (Lipinski definition) is 0. The lowest BCUT2D eigenvalue weighted by molar-refractivity contribution is -0.131. The summed E-state index contributed by atoms with van der Waals surface area (Å²) < 4.78 is 2.67. The molecule has 28 heavy (non-hydrogen) atoms. The lowest BCUT2D eigenvalue weighted by atomic mass is 10.0. The zero-order valence-electron chi connectivity index (χ0n) is 15.9. The van der Waals surface area contributed by atoms with Crippen molar-refractivity contribution in [2.75, 3.05) is 13.1 Å². The van der Waals surface area contributed by atoms with Gasteiger partial charge in [0.2, 0.25) is 5.91 Å². The summed E-state index contributed by atoms with van der Waals surface area (Å²) in [7, 11) is 0. The van der Waals surface area contributed by atoms with Gasteiger partial charge >= 0.3 is 0 Å². The fraction of sp³-hybridized carbons (Fsp3) is 0.238. The number of rotatable bonds is 5. The van der Waals surface area contributed by atoms with E-state index in [1.54, 1.807) is 11.0 Å². The molecule has 7 nitrogen and oxygen atoms in total. The van der Waals surface area contributed by atoms with E-state index in [0.717, 1.165) is 16.3 Å². The van der Waals surface area contributed by atoms with Crippen LogP contribution < -0.4 is 5.56 Å². The van der Waals surface area contributed by atoms with E-state index >= 15 is 0 Å². The molecule has 142 valence electrons. The first-order valence-electron chi connectivity index (χ1n) is 9.33. The highest BCUT2D eigenvalue weighted by molar-refractivity contribution is 5.96. The van der Waals surface area contributed by atoms with Gasteiger partial charge in [-0.2, -0.15) is 10.2 Å². The van der Waals surface area contributed by atoms with Gasteiger partial charge < -0.3 is 4.90 Å². The van der Waals surface area contributed by atoms with Crippen LogP contribution in [0, 0.1) is 0 Å². The van der Waals surface area contributed by atoms with Crippen molar-refractivity contribution in [2.45, 2.75) is 20.4 Å². The van der Waals surface area contributed by atoms with Crippen LogP contribution in [0.5, 0.6) is 0 Å². The molecule has 1 amide bonds. The van der Waals surface area contributed by atoms with Crippen molar-refractivity contribution in [3.63, 3.8) is 0 Å². The Bertz CT molecular complexity index is 1220. The van der Waals surface area contributed by atoms with Gasteiger partial charge in [-0.1, -0.05) is 42.5 Å². The molecule has 0 aliphatic carbocycles. The fourth-order valence-corrected chi connectivity index (χ4v) is 3.44. The van der Waals surface area contributed by atoms with Crippen molar-refractivity contribution < 1.29 is 4.79 Å². The summed E-state index contributed by atoms with van der Waals surface area (Å²) in [4.78, 5) is 26.9. The third-order valence-electron chi connectivity index (χ3n) is 4.96. The molecule has 7 heteroatoms. The van der Waals surface area contributed by atoms with Gasteiger partial charge in [-0.15, -0.1) is 0 Å². The van der Waals surface area contributed by atoms with Crippen molar-refractivity contribution in [2.24, 2.45) is 0 Å². The van der Waals surface area contributed by atoms with Crippen LogP contribution in [0.15, 0.2) is 59.7 Å². The molecular formula is C21H21N5O2. The van der Waals surface area contributed by atoms with Crippen LogP contribution in [0.1, 0.15) is 13.8 Å². The average Bonchev–Trinajstić information content (AvgIpc) is 3.15. The maximum absolute atomic E-state index is 12.8. The number of benzene rings is 2. The highest BCUT2D eigenvalue weighted by Gasteiger charge is 2.15. The van der Waals surface area contributed by atoms with Gasteiger partial charge in [0, 0.05) is 18.7 Å². The first-order chi connectivity index (χ1) is 13.6. The fourth-order valence-electron chi connectivity index (χ4n) is 3.44. The summed E-state index contributed by atoms with van der Waals surface area (Å²) in [6.07, 6.45) is 1.47. The first kappa shape index (κ1) is 17.9. The topological polar surface area (TPSA) is 72.5 Å². The largest absolute Gasteiger partial charge is 0.342 e. The van der Waals surface area contributed by atoms with Crippen LogP contribution in [-0.2, 0) is 11.3 Å². The third kappa shape index (κ3) is 3.05. The molecule has 0 radical (unpaired) electrons. The molecule has 0 aliphatic heterocycles. The molecule has 0 spiro atoms. The zero-order chi connectivity index (χ0) is 19.7. The highest BCUT2D eigenvalue weighted by Crippen LogP contribution is 2.27. The Kier molecular flexibility index (Phi) is 4.65. The van der Waals surface area contributed by atoms with Crippen molar-refractivity contribution in [3.8, 4) is 11.3 Å². The molecule has 0 aliphatic rings. The number of carbonyl (C=O) groups excluding carboxylic acids is 1. The monoisotopic (exact) mass is 375 g/mol. The number of carbonyl (C=O) groups is 1.